The Labute approximate surface area is 424 Å². The van der Waals surface area contributed by atoms with Crippen molar-refractivity contribution in [2.75, 3.05) is 0 Å². The maximum Gasteiger partial charge on any atom is 0.164 e. The Hall–Kier alpha value is -8.59. The van der Waals surface area contributed by atoms with Crippen LogP contribution in [-0.4, -0.2) is 19.5 Å². The molecule has 11 aromatic carbocycles. The van der Waals surface area contributed by atoms with Crippen LogP contribution >= 0.6 is 34.0 Å². The van der Waals surface area contributed by atoms with Gasteiger partial charge in [-0.25, -0.2) is 15.0 Å². The van der Waals surface area contributed by atoms with E-state index in [0.717, 1.165) is 44.5 Å². The molecule has 0 atom stereocenters. The van der Waals surface area contributed by atoms with E-state index in [4.69, 9.17) is 15.0 Å². The number of thiophene rings is 3. The van der Waals surface area contributed by atoms with Gasteiger partial charge in [-0.1, -0.05) is 140 Å². The van der Waals surface area contributed by atoms with Crippen molar-refractivity contribution in [3.05, 3.63) is 218 Å². The van der Waals surface area contributed by atoms with Crippen LogP contribution in [-0.2, 0) is 0 Å². The molecule has 0 spiro atoms. The molecular weight excluding hydrogens is 933 g/mol. The van der Waals surface area contributed by atoms with Gasteiger partial charge in [-0.05, 0) is 106 Å². The minimum atomic E-state index is 0.623. The topological polar surface area (TPSA) is 43.6 Å². The number of rotatable bonds is 5. The first-order valence-corrected chi connectivity index (χ1v) is 26.6. The maximum absolute atomic E-state index is 5.54. The van der Waals surface area contributed by atoms with Crippen LogP contribution in [0.1, 0.15) is 0 Å². The summed E-state index contributed by atoms with van der Waals surface area (Å²) in [6.45, 7) is 0. The molecule has 0 amide bonds. The highest BCUT2D eigenvalue weighted by molar-refractivity contribution is 7.26. The first-order valence-electron chi connectivity index (χ1n) is 24.2. The van der Waals surface area contributed by atoms with Gasteiger partial charge in [0.2, 0.25) is 0 Å². The highest BCUT2D eigenvalue weighted by Crippen LogP contribution is 2.47. The highest BCUT2D eigenvalue weighted by atomic mass is 32.1. The van der Waals surface area contributed by atoms with Crippen molar-refractivity contribution in [2.45, 2.75) is 0 Å². The van der Waals surface area contributed by atoms with Crippen LogP contribution in [0.4, 0.5) is 0 Å². The number of hydrogen-bond acceptors (Lipinski definition) is 6. The predicted octanol–water partition coefficient (Wildman–Crippen LogP) is 19.0. The summed E-state index contributed by atoms with van der Waals surface area (Å²) in [7, 11) is 0. The van der Waals surface area contributed by atoms with Crippen molar-refractivity contribution < 1.29 is 0 Å². The molecule has 4 nitrogen and oxygen atoms in total. The largest absolute Gasteiger partial charge is 0.309 e. The fourth-order valence-electron chi connectivity index (χ4n) is 11.4. The summed E-state index contributed by atoms with van der Waals surface area (Å²) in [5.41, 5.74) is 8.57. The number of aromatic nitrogens is 4. The van der Waals surface area contributed by atoms with Gasteiger partial charge < -0.3 is 4.57 Å². The summed E-state index contributed by atoms with van der Waals surface area (Å²) in [5, 5.41) is 14.5. The molecule has 16 rings (SSSR count). The first kappa shape index (κ1) is 40.2. The summed E-state index contributed by atoms with van der Waals surface area (Å²) in [4.78, 5) is 16.6. The molecular formula is C65H36N4S3. The van der Waals surface area contributed by atoms with Crippen LogP contribution in [0.2, 0.25) is 0 Å². The maximum atomic E-state index is 5.54. The fraction of sp³-hybridized carbons (Fsp3) is 0. The number of nitrogens with zero attached hydrogens (tertiary/aromatic N) is 4. The lowest BCUT2D eigenvalue weighted by Gasteiger charge is -2.17. The molecule has 0 saturated carbocycles. The van der Waals surface area contributed by atoms with E-state index in [2.05, 4.69) is 223 Å². The molecule has 0 fully saturated rings. The van der Waals surface area contributed by atoms with E-state index in [1.807, 2.05) is 34.0 Å². The monoisotopic (exact) mass is 968 g/mol. The predicted molar refractivity (Wildman–Crippen MR) is 310 cm³/mol. The van der Waals surface area contributed by atoms with Gasteiger partial charge in [0.1, 0.15) is 0 Å². The van der Waals surface area contributed by atoms with Crippen LogP contribution in [0, 0.1) is 0 Å². The van der Waals surface area contributed by atoms with Gasteiger partial charge in [0, 0.05) is 93.5 Å². The Bertz CT molecular complexity index is 4730. The van der Waals surface area contributed by atoms with E-state index in [0.29, 0.717) is 17.5 Å². The zero-order chi connectivity index (χ0) is 47.0. The van der Waals surface area contributed by atoms with Crippen molar-refractivity contribution >= 4 is 138 Å². The lowest BCUT2D eigenvalue weighted by molar-refractivity contribution is 1.08. The average molecular weight is 969 g/mol. The lowest BCUT2D eigenvalue weighted by atomic mass is 9.95. The van der Waals surface area contributed by atoms with Crippen LogP contribution in [0.25, 0.3) is 155 Å². The van der Waals surface area contributed by atoms with Gasteiger partial charge in [0.15, 0.2) is 17.5 Å². The summed E-state index contributed by atoms with van der Waals surface area (Å²) < 4.78 is 9.92. The van der Waals surface area contributed by atoms with Crippen LogP contribution in [0.3, 0.4) is 0 Å². The van der Waals surface area contributed by atoms with Gasteiger partial charge in [0.25, 0.3) is 0 Å². The first-order chi connectivity index (χ1) is 35.7. The smallest absolute Gasteiger partial charge is 0.164 e. The minimum absolute atomic E-state index is 0.623. The molecule has 0 N–H and O–H groups in total. The molecule has 0 aliphatic heterocycles. The van der Waals surface area contributed by atoms with Crippen molar-refractivity contribution in [1.82, 2.24) is 19.5 Å². The molecule has 0 radical (unpaired) electrons. The van der Waals surface area contributed by atoms with Gasteiger partial charge in [-0.15, -0.1) is 34.0 Å². The normalized spacial score (nSPS) is 12.2. The van der Waals surface area contributed by atoms with E-state index < -0.39 is 0 Å². The van der Waals surface area contributed by atoms with E-state index in [9.17, 15) is 0 Å². The van der Waals surface area contributed by atoms with Crippen LogP contribution in [0.15, 0.2) is 218 Å². The van der Waals surface area contributed by atoms with Gasteiger partial charge >= 0.3 is 0 Å². The van der Waals surface area contributed by atoms with Crippen LogP contribution < -0.4 is 0 Å². The third-order valence-corrected chi connectivity index (χ3v) is 18.0. The standard InChI is InChI=1S/C65H36N4S3/c1-3-16-39-35-52-49(32-37(39)14-1)50-33-38-15-2-4-17-40(38)36-53(50)69(52)51-31-30-41(34-48(51)42-21-11-27-57-60(42)43-18-5-8-24-54(43)70-57)63-66-64(46-22-12-28-58-61(46)44-19-6-9-25-55(44)71-58)68-65(67-63)47-23-13-29-59-62(47)45-20-7-10-26-56(45)72-59/h1-36H. The van der Waals surface area contributed by atoms with Gasteiger partial charge in [-0.3, -0.25) is 0 Å². The van der Waals surface area contributed by atoms with Gasteiger partial charge in [-0.2, -0.15) is 0 Å². The molecule has 0 aliphatic rings. The second-order valence-corrected chi connectivity index (χ2v) is 21.9. The molecule has 16 aromatic rings. The fourth-order valence-corrected chi connectivity index (χ4v) is 14.8. The second kappa shape index (κ2) is 15.5. The third kappa shape index (κ3) is 5.99. The average Bonchev–Trinajstić information content (AvgIpc) is 4.20. The van der Waals surface area contributed by atoms with Gasteiger partial charge in [0.05, 0.1) is 16.7 Å². The second-order valence-electron chi connectivity index (χ2n) is 18.6. The van der Waals surface area contributed by atoms with E-state index in [1.54, 1.807) is 0 Å². The zero-order valence-corrected chi connectivity index (χ0v) is 40.7. The third-order valence-electron chi connectivity index (χ3n) is 14.6. The molecule has 5 aromatic heterocycles. The Kier molecular flexibility index (Phi) is 8.62. The van der Waals surface area contributed by atoms with Crippen LogP contribution in [0.5, 0.6) is 0 Å². The summed E-state index contributed by atoms with van der Waals surface area (Å²) >= 11 is 5.47. The summed E-state index contributed by atoms with van der Waals surface area (Å²) in [5.74, 6) is 1.93. The Morgan fingerprint density at radius 1 is 0.278 bits per heavy atom. The molecule has 0 bridgehead atoms. The Morgan fingerprint density at radius 2 is 0.667 bits per heavy atom. The molecule has 5 heterocycles. The van der Waals surface area contributed by atoms with Crippen molar-refractivity contribution in [1.29, 1.82) is 0 Å². The minimum Gasteiger partial charge on any atom is -0.309 e. The lowest BCUT2D eigenvalue weighted by Crippen LogP contribution is -2.02. The number of fused-ring (bicyclic) bond motifs is 14. The highest BCUT2D eigenvalue weighted by Gasteiger charge is 2.24. The van der Waals surface area contributed by atoms with E-state index in [1.165, 1.54) is 92.8 Å². The zero-order valence-electron chi connectivity index (χ0n) is 38.3. The Morgan fingerprint density at radius 3 is 1.15 bits per heavy atom. The molecule has 0 saturated heterocycles. The summed E-state index contributed by atoms with van der Waals surface area (Å²) in [6.07, 6.45) is 0. The van der Waals surface area contributed by atoms with E-state index >= 15 is 0 Å². The molecule has 334 valence electrons. The Balaban J connectivity index is 1.02. The SMILES string of the molecule is c1ccc2cc3c(cc2c1)c1cc2ccccc2cc1n3-c1ccc(-c2nc(-c3cccc4sc5ccccc5c34)nc(-c3cccc4sc5ccccc5c34)n2)cc1-c1cccc2sc3ccccc3c12. The molecule has 0 unspecified atom stereocenters. The van der Waals surface area contributed by atoms with E-state index in [-0.39, 0.29) is 0 Å². The summed E-state index contributed by atoms with van der Waals surface area (Å²) in [6, 6.07) is 79.8. The van der Waals surface area contributed by atoms with Crippen molar-refractivity contribution in [3.63, 3.8) is 0 Å². The molecule has 7 heteroatoms. The van der Waals surface area contributed by atoms with Crippen molar-refractivity contribution in [3.8, 4) is 51.0 Å². The van der Waals surface area contributed by atoms with Crippen molar-refractivity contribution in [2.24, 2.45) is 0 Å². The number of benzene rings is 11. The quantitative estimate of drug-likeness (QED) is 0.173. The number of hydrogen-bond donors (Lipinski definition) is 0. The molecule has 72 heavy (non-hydrogen) atoms. The molecule has 0 aliphatic carbocycles.